The van der Waals surface area contributed by atoms with Gasteiger partial charge in [0.15, 0.2) is 0 Å². The molecule has 0 radical (unpaired) electrons. The molecule has 2 heterocycles. The van der Waals surface area contributed by atoms with Gasteiger partial charge in [-0.2, -0.15) is 0 Å². The van der Waals surface area contributed by atoms with E-state index < -0.39 is 6.04 Å². The summed E-state index contributed by atoms with van der Waals surface area (Å²) < 4.78 is 0. The molecule has 1 N–H and O–H groups in total. The Labute approximate surface area is 116 Å². The van der Waals surface area contributed by atoms with Crippen LogP contribution in [-0.4, -0.2) is 34.3 Å². The van der Waals surface area contributed by atoms with Crippen LogP contribution in [0.5, 0.6) is 0 Å². The molecule has 102 valence electrons. The smallest absolute Gasteiger partial charge is 0.245 e. The summed E-state index contributed by atoms with van der Waals surface area (Å²) in [5, 5.41) is 3.69. The number of fused-ring (bicyclic) bond motifs is 1. The summed E-state index contributed by atoms with van der Waals surface area (Å²) in [4.78, 5) is 29.6. The first kappa shape index (κ1) is 12.6. The third-order valence-corrected chi connectivity index (χ3v) is 3.40. The van der Waals surface area contributed by atoms with Crippen molar-refractivity contribution in [1.82, 2.24) is 15.2 Å². The van der Waals surface area contributed by atoms with Crippen LogP contribution in [0.4, 0.5) is 0 Å². The summed E-state index contributed by atoms with van der Waals surface area (Å²) in [6.07, 6.45) is 0. The number of para-hydroxylation sites is 1. The molecule has 2 aromatic rings. The van der Waals surface area contributed by atoms with Gasteiger partial charge in [-0.3, -0.25) is 14.6 Å². The molecule has 1 aliphatic heterocycles. The van der Waals surface area contributed by atoms with Crippen molar-refractivity contribution in [3.8, 4) is 0 Å². The van der Waals surface area contributed by atoms with Gasteiger partial charge >= 0.3 is 0 Å². The van der Waals surface area contributed by atoms with Crippen molar-refractivity contribution in [1.29, 1.82) is 0 Å². The lowest BCUT2D eigenvalue weighted by atomic mass is 10.1. The number of pyridine rings is 1. The highest BCUT2D eigenvalue weighted by molar-refractivity contribution is 5.94. The number of carbonyl (C=O) groups excluding carboxylic acids is 2. The Morgan fingerprint density at radius 2 is 2.05 bits per heavy atom. The Hall–Kier alpha value is -2.43. The van der Waals surface area contributed by atoms with Gasteiger partial charge in [0, 0.05) is 5.39 Å². The highest BCUT2D eigenvalue weighted by Crippen LogP contribution is 2.14. The Kier molecular flexibility index (Phi) is 3.10. The van der Waals surface area contributed by atoms with Crippen LogP contribution in [0.25, 0.3) is 10.9 Å². The Morgan fingerprint density at radius 1 is 1.25 bits per heavy atom. The molecular weight excluding hydrogens is 254 g/mol. The number of amides is 2. The topological polar surface area (TPSA) is 62.3 Å². The maximum absolute atomic E-state index is 12.0. The minimum absolute atomic E-state index is 0.0699. The highest BCUT2D eigenvalue weighted by Gasteiger charge is 2.29. The zero-order valence-electron chi connectivity index (χ0n) is 11.2. The van der Waals surface area contributed by atoms with Crippen molar-refractivity contribution in [2.45, 2.75) is 19.5 Å². The van der Waals surface area contributed by atoms with E-state index in [-0.39, 0.29) is 18.4 Å². The molecule has 1 unspecified atom stereocenters. The van der Waals surface area contributed by atoms with Gasteiger partial charge in [0.1, 0.15) is 12.6 Å². The lowest BCUT2D eigenvalue weighted by Crippen LogP contribution is -2.56. The number of nitrogens with one attached hydrogen (secondary N) is 1. The van der Waals surface area contributed by atoms with E-state index in [1.165, 1.54) is 0 Å². The van der Waals surface area contributed by atoms with E-state index in [2.05, 4.69) is 10.3 Å². The van der Waals surface area contributed by atoms with Crippen LogP contribution in [0.15, 0.2) is 36.4 Å². The van der Waals surface area contributed by atoms with Crippen LogP contribution in [0, 0.1) is 0 Å². The third-order valence-electron chi connectivity index (χ3n) is 3.40. The summed E-state index contributed by atoms with van der Waals surface area (Å²) in [7, 11) is 0. The molecule has 1 aliphatic rings. The quantitative estimate of drug-likeness (QED) is 0.887. The van der Waals surface area contributed by atoms with E-state index in [0.717, 1.165) is 16.6 Å². The van der Waals surface area contributed by atoms with E-state index in [9.17, 15) is 9.59 Å². The van der Waals surface area contributed by atoms with E-state index >= 15 is 0 Å². The zero-order chi connectivity index (χ0) is 14.1. The number of piperazine rings is 1. The summed E-state index contributed by atoms with van der Waals surface area (Å²) in [6.45, 7) is 2.15. The predicted octanol–water partition coefficient (Wildman–Crippen LogP) is 1.08. The standard InChI is InChI=1S/C15H15N3O2/c1-10-15(20)18(9-14(19)16-10)8-12-7-6-11-4-2-3-5-13(11)17-12/h2-7,10H,8-9H2,1H3,(H,16,19). The number of carbonyl (C=O) groups is 2. The van der Waals surface area contributed by atoms with Crippen LogP contribution in [0.3, 0.4) is 0 Å². The minimum Gasteiger partial charge on any atom is -0.343 e. The molecule has 2 amide bonds. The SMILES string of the molecule is CC1NC(=O)CN(Cc2ccc3ccccc3n2)C1=O. The molecule has 0 saturated carbocycles. The second-order valence-corrected chi connectivity index (χ2v) is 4.98. The second-order valence-electron chi connectivity index (χ2n) is 4.98. The fourth-order valence-electron chi connectivity index (χ4n) is 2.40. The predicted molar refractivity (Wildman–Crippen MR) is 74.8 cm³/mol. The van der Waals surface area contributed by atoms with Crippen molar-refractivity contribution in [3.63, 3.8) is 0 Å². The maximum Gasteiger partial charge on any atom is 0.245 e. The van der Waals surface area contributed by atoms with Gasteiger partial charge in [-0.1, -0.05) is 24.3 Å². The van der Waals surface area contributed by atoms with Crippen molar-refractivity contribution >= 4 is 22.7 Å². The fourth-order valence-corrected chi connectivity index (χ4v) is 2.40. The van der Waals surface area contributed by atoms with Gasteiger partial charge in [0.2, 0.25) is 11.8 Å². The average Bonchev–Trinajstić information content (AvgIpc) is 2.44. The van der Waals surface area contributed by atoms with Crippen LogP contribution in [0.2, 0.25) is 0 Å². The average molecular weight is 269 g/mol. The molecule has 1 saturated heterocycles. The monoisotopic (exact) mass is 269 g/mol. The highest BCUT2D eigenvalue weighted by atomic mass is 16.2. The van der Waals surface area contributed by atoms with Gasteiger partial charge in [0.25, 0.3) is 0 Å². The van der Waals surface area contributed by atoms with Gasteiger partial charge < -0.3 is 10.2 Å². The summed E-state index contributed by atoms with van der Waals surface area (Å²) >= 11 is 0. The Balaban J connectivity index is 1.85. The number of benzene rings is 1. The molecule has 5 nitrogen and oxygen atoms in total. The first-order chi connectivity index (χ1) is 9.63. The van der Waals surface area contributed by atoms with E-state index in [0.29, 0.717) is 6.54 Å². The van der Waals surface area contributed by atoms with E-state index in [1.54, 1.807) is 11.8 Å². The van der Waals surface area contributed by atoms with Crippen molar-refractivity contribution in [2.24, 2.45) is 0 Å². The number of aromatic nitrogens is 1. The molecule has 5 heteroatoms. The lowest BCUT2D eigenvalue weighted by molar-refractivity contribution is -0.144. The first-order valence-corrected chi connectivity index (χ1v) is 6.56. The van der Waals surface area contributed by atoms with Crippen LogP contribution in [0.1, 0.15) is 12.6 Å². The van der Waals surface area contributed by atoms with Crippen LogP contribution in [-0.2, 0) is 16.1 Å². The Morgan fingerprint density at radius 3 is 2.90 bits per heavy atom. The fraction of sp³-hybridized carbons (Fsp3) is 0.267. The first-order valence-electron chi connectivity index (χ1n) is 6.56. The molecule has 3 rings (SSSR count). The number of hydrogen-bond donors (Lipinski definition) is 1. The van der Waals surface area contributed by atoms with Gasteiger partial charge in [-0.15, -0.1) is 0 Å². The van der Waals surface area contributed by atoms with Crippen LogP contribution >= 0.6 is 0 Å². The van der Waals surface area contributed by atoms with Gasteiger partial charge in [-0.05, 0) is 19.1 Å². The lowest BCUT2D eigenvalue weighted by Gasteiger charge is -2.30. The van der Waals surface area contributed by atoms with Gasteiger partial charge in [-0.25, -0.2) is 0 Å². The maximum atomic E-state index is 12.0. The molecule has 0 aliphatic carbocycles. The van der Waals surface area contributed by atoms with Gasteiger partial charge in [0.05, 0.1) is 17.8 Å². The molecule has 20 heavy (non-hydrogen) atoms. The summed E-state index contributed by atoms with van der Waals surface area (Å²) in [5.74, 6) is -0.197. The minimum atomic E-state index is -0.461. The van der Waals surface area contributed by atoms with Crippen LogP contribution < -0.4 is 5.32 Å². The molecule has 1 aromatic heterocycles. The summed E-state index contributed by atoms with van der Waals surface area (Å²) in [5.41, 5.74) is 1.69. The van der Waals surface area contributed by atoms with E-state index in [1.807, 2.05) is 36.4 Å². The molecular formula is C15H15N3O2. The zero-order valence-corrected chi connectivity index (χ0v) is 11.2. The Bertz CT molecular complexity index is 684. The molecule has 1 aromatic carbocycles. The van der Waals surface area contributed by atoms with Crippen molar-refractivity contribution in [3.05, 3.63) is 42.1 Å². The largest absolute Gasteiger partial charge is 0.343 e. The molecule has 1 fully saturated rings. The molecule has 0 bridgehead atoms. The number of hydrogen-bond acceptors (Lipinski definition) is 3. The molecule has 1 atom stereocenters. The van der Waals surface area contributed by atoms with Crippen molar-refractivity contribution < 1.29 is 9.59 Å². The second kappa shape index (κ2) is 4.92. The number of nitrogens with zero attached hydrogens (tertiary/aromatic N) is 2. The van der Waals surface area contributed by atoms with Crippen molar-refractivity contribution in [2.75, 3.05) is 6.54 Å². The normalized spacial score (nSPS) is 19.2. The number of rotatable bonds is 2. The molecule has 0 spiro atoms. The van der Waals surface area contributed by atoms with E-state index in [4.69, 9.17) is 0 Å². The summed E-state index contributed by atoms with van der Waals surface area (Å²) in [6, 6.07) is 11.2. The third kappa shape index (κ3) is 2.34.